The van der Waals surface area contributed by atoms with Crippen molar-refractivity contribution in [3.05, 3.63) is 96.1 Å². The molecule has 4 aromatic rings. The van der Waals surface area contributed by atoms with Gasteiger partial charge in [0.05, 0.1) is 24.1 Å². The van der Waals surface area contributed by atoms with E-state index >= 15 is 0 Å². The van der Waals surface area contributed by atoms with E-state index in [0.29, 0.717) is 11.4 Å². The summed E-state index contributed by atoms with van der Waals surface area (Å²) in [6.07, 6.45) is 4.58. The van der Waals surface area contributed by atoms with Crippen molar-refractivity contribution in [1.82, 2.24) is 9.78 Å². The molecule has 0 unspecified atom stereocenters. The monoisotopic (exact) mass is 440 g/mol. The summed E-state index contributed by atoms with van der Waals surface area (Å²) < 4.78 is 12.7. The van der Waals surface area contributed by atoms with Crippen molar-refractivity contribution < 1.29 is 14.3 Å². The minimum absolute atomic E-state index is 0.357. The minimum atomic E-state index is -0.413. The van der Waals surface area contributed by atoms with Crippen LogP contribution in [0.2, 0.25) is 0 Å². The molecule has 168 valence electrons. The van der Waals surface area contributed by atoms with Gasteiger partial charge in [-0.25, -0.2) is 4.79 Å². The lowest BCUT2D eigenvalue weighted by Crippen LogP contribution is -2.11. The first-order chi connectivity index (χ1) is 16.2. The van der Waals surface area contributed by atoms with Crippen molar-refractivity contribution in [2.75, 3.05) is 7.11 Å². The molecule has 3 aromatic carbocycles. The third-order valence-electron chi connectivity index (χ3n) is 5.52. The van der Waals surface area contributed by atoms with E-state index in [1.165, 1.54) is 18.4 Å². The van der Waals surface area contributed by atoms with Gasteiger partial charge < -0.3 is 9.47 Å². The highest BCUT2D eigenvalue weighted by molar-refractivity contribution is 5.91. The second-order valence-electron chi connectivity index (χ2n) is 7.89. The van der Waals surface area contributed by atoms with E-state index in [4.69, 9.17) is 14.6 Å². The molecule has 5 heteroatoms. The average molecular weight is 441 g/mol. The Balaban J connectivity index is 1.60. The van der Waals surface area contributed by atoms with E-state index in [9.17, 15) is 4.79 Å². The largest absolute Gasteiger partial charge is 0.497 e. The van der Waals surface area contributed by atoms with E-state index in [0.717, 1.165) is 35.5 Å². The summed E-state index contributed by atoms with van der Waals surface area (Å²) in [5.74, 6) is 0.687. The first-order valence-electron chi connectivity index (χ1n) is 11.3. The Morgan fingerprint density at radius 3 is 2.30 bits per heavy atom. The molecule has 0 saturated carbocycles. The molecule has 0 radical (unpaired) electrons. The lowest BCUT2D eigenvalue weighted by molar-refractivity contribution is 0.0723. The maximum absolute atomic E-state index is 12.9. The van der Waals surface area contributed by atoms with E-state index in [-0.39, 0.29) is 0 Å². The molecule has 1 aromatic heterocycles. The number of benzene rings is 3. The molecule has 0 amide bonds. The van der Waals surface area contributed by atoms with Crippen LogP contribution in [0.5, 0.6) is 11.6 Å². The SMILES string of the molecule is CCCCCc1ccc(C(=O)Oc2cc(-c3ccccc3)nn2-c2ccc(OC)cc2)cc1. The number of esters is 1. The van der Waals surface area contributed by atoms with E-state index in [1.807, 2.05) is 78.9 Å². The molecule has 5 nitrogen and oxygen atoms in total. The zero-order valence-corrected chi connectivity index (χ0v) is 19.0. The number of aryl methyl sites for hydroxylation is 1. The van der Waals surface area contributed by atoms with Crippen LogP contribution >= 0.6 is 0 Å². The van der Waals surface area contributed by atoms with Crippen molar-refractivity contribution >= 4 is 5.97 Å². The molecule has 0 aliphatic carbocycles. The third-order valence-corrected chi connectivity index (χ3v) is 5.52. The second-order valence-corrected chi connectivity index (χ2v) is 7.89. The number of unbranched alkanes of at least 4 members (excludes halogenated alkanes) is 2. The molecular weight excluding hydrogens is 412 g/mol. The second kappa shape index (κ2) is 10.6. The van der Waals surface area contributed by atoms with Gasteiger partial charge >= 0.3 is 5.97 Å². The topological polar surface area (TPSA) is 53.3 Å². The normalized spacial score (nSPS) is 10.7. The van der Waals surface area contributed by atoms with Crippen molar-refractivity contribution in [1.29, 1.82) is 0 Å². The Morgan fingerprint density at radius 1 is 0.909 bits per heavy atom. The van der Waals surface area contributed by atoms with Gasteiger partial charge in [0.25, 0.3) is 0 Å². The zero-order valence-electron chi connectivity index (χ0n) is 19.0. The Labute approximate surface area is 194 Å². The van der Waals surface area contributed by atoms with Gasteiger partial charge in [-0.1, -0.05) is 62.2 Å². The van der Waals surface area contributed by atoms with Gasteiger partial charge in [0.1, 0.15) is 5.75 Å². The molecule has 0 N–H and O–H groups in total. The number of nitrogens with zero attached hydrogens (tertiary/aromatic N) is 2. The highest BCUT2D eigenvalue weighted by Gasteiger charge is 2.17. The van der Waals surface area contributed by atoms with E-state index in [1.54, 1.807) is 17.9 Å². The van der Waals surface area contributed by atoms with Gasteiger partial charge in [0.15, 0.2) is 0 Å². The zero-order chi connectivity index (χ0) is 23.0. The van der Waals surface area contributed by atoms with Crippen LogP contribution in [0, 0.1) is 0 Å². The Hall–Kier alpha value is -3.86. The van der Waals surface area contributed by atoms with Crippen LogP contribution in [0.25, 0.3) is 16.9 Å². The Kier molecular flexibility index (Phi) is 7.20. The lowest BCUT2D eigenvalue weighted by atomic mass is 10.1. The molecule has 0 aliphatic heterocycles. The maximum Gasteiger partial charge on any atom is 0.344 e. The first-order valence-corrected chi connectivity index (χ1v) is 11.3. The highest BCUT2D eigenvalue weighted by Crippen LogP contribution is 2.28. The van der Waals surface area contributed by atoms with Crippen LogP contribution in [0.15, 0.2) is 84.9 Å². The quantitative estimate of drug-likeness (QED) is 0.220. The van der Waals surface area contributed by atoms with Crippen molar-refractivity contribution in [3.8, 4) is 28.6 Å². The summed E-state index contributed by atoms with van der Waals surface area (Å²) in [4.78, 5) is 12.9. The van der Waals surface area contributed by atoms with Crippen LogP contribution in [-0.2, 0) is 6.42 Å². The molecular formula is C28H28N2O3. The van der Waals surface area contributed by atoms with Gasteiger partial charge in [0, 0.05) is 11.6 Å². The van der Waals surface area contributed by atoms with Gasteiger partial charge in [0.2, 0.25) is 5.88 Å². The summed E-state index contributed by atoms with van der Waals surface area (Å²) in [5, 5.41) is 4.71. The van der Waals surface area contributed by atoms with Gasteiger partial charge in [-0.3, -0.25) is 0 Å². The summed E-state index contributed by atoms with van der Waals surface area (Å²) in [5.41, 5.74) is 4.18. The van der Waals surface area contributed by atoms with Gasteiger partial charge in [-0.05, 0) is 54.8 Å². The van der Waals surface area contributed by atoms with Crippen LogP contribution < -0.4 is 9.47 Å². The predicted molar refractivity (Wildman–Crippen MR) is 130 cm³/mol. The number of aromatic nitrogens is 2. The standard InChI is InChI=1S/C28H28N2O3/c1-3-4-6-9-21-12-14-23(15-13-21)28(31)33-27-20-26(22-10-7-5-8-11-22)29-30(27)24-16-18-25(32-2)19-17-24/h5,7-8,10-20H,3-4,6,9H2,1-2H3. The Bertz CT molecular complexity index is 1180. The summed E-state index contributed by atoms with van der Waals surface area (Å²) >= 11 is 0. The molecule has 1 heterocycles. The van der Waals surface area contributed by atoms with Gasteiger partial charge in [-0.2, -0.15) is 9.78 Å². The molecule has 0 atom stereocenters. The smallest absolute Gasteiger partial charge is 0.344 e. The van der Waals surface area contributed by atoms with E-state index < -0.39 is 5.97 Å². The van der Waals surface area contributed by atoms with Gasteiger partial charge in [-0.15, -0.1) is 0 Å². The average Bonchev–Trinajstić information content (AvgIpc) is 3.29. The highest BCUT2D eigenvalue weighted by atomic mass is 16.5. The van der Waals surface area contributed by atoms with Crippen molar-refractivity contribution in [3.63, 3.8) is 0 Å². The van der Waals surface area contributed by atoms with Crippen molar-refractivity contribution in [2.45, 2.75) is 32.6 Å². The first kappa shape index (κ1) is 22.3. The predicted octanol–water partition coefficient (Wildman–Crippen LogP) is 6.50. The van der Waals surface area contributed by atoms with Crippen molar-refractivity contribution in [2.24, 2.45) is 0 Å². The number of carbonyl (C=O) groups is 1. The minimum Gasteiger partial charge on any atom is -0.497 e. The fraction of sp³-hybridized carbons (Fsp3) is 0.214. The molecule has 0 spiro atoms. The van der Waals surface area contributed by atoms with E-state index in [2.05, 4.69) is 6.92 Å². The lowest BCUT2D eigenvalue weighted by Gasteiger charge is -2.09. The number of carbonyl (C=O) groups excluding carboxylic acids is 1. The molecule has 4 rings (SSSR count). The number of ether oxygens (including phenoxy) is 2. The number of hydrogen-bond acceptors (Lipinski definition) is 4. The molecule has 0 fully saturated rings. The van der Waals surface area contributed by atoms with Crippen LogP contribution in [0.3, 0.4) is 0 Å². The van der Waals surface area contributed by atoms with Crippen LogP contribution in [-0.4, -0.2) is 22.9 Å². The van der Waals surface area contributed by atoms with Crippen LogP contribution in [0.1, 0.15) is 42.1 Å². The Morgan fingerprint density at radius 2 is 1.64 bits per heavy atom. The molecule has 0 aliphatic rings. The fourth-order valence-corrected chi connectivity index (χ4v) is 3.64. The number of rotatable bonds is 9. The number of methoxy groups -OCH3 is 1. The molecule has 0 saturated heterocycles. The third kappa shape index (κ3) is 5.50. The molecule has 33 heavy (non-hydrogen) atoms. The maximum atomic E-state index is 12.9. The summed E-state index contributed by atoms with van der Waals surface area (Å²) in [6, 6.07) is 26.7. The van der Waals surface area contributed by atoms with Crippen LogP contribution in [0.4, 0.5) is 0 Å². The molecule has 0 bridgehead atoms. The number of hydrogen-bond donors (Lipinski definition) is 0. The summed E-state index contributed by atoms with van der Waals surface area (Å²) in [6.45, 7) is 2.19. The fourth-order valence-electron chi connectivity index (χ4n) is 3.64. The summed E-state index contributed by atoms with van der Waals surface area (Å²) in [7, 11) is 1.62.